The summed E-state index contributed by atoms with van der Waals surface area (Å²) in [6, 6.07) is 2.20. The Kier molecular flexibility index (Phi) is 1.94. The maximum Gasteiger partial charge on any atom is 0.257 e. The molecule has 0 bridgehead atoms. The third-order valence-electron chi connectivity index (χ3n) is 2.53. The van der Waals surface area contributed by atoms with Gasteiger partial charge in [0.1, 0.15) is 12.1 Å². The second kappa shape index (κ2) is 3.34. The zero-order valence-electron chi connectivity index (χ0n) is 8.78. The average Bonchev–Trinajstić information content (AvgIpc) is 2.78. The van der Waals surface area contributed by atoms with E-state index >= 15 is 0 Å². The molecule has 0 fully saturated rings. The van der Waals surface area contributed by atoms with Gasteiger partial charge in [0.15, 0.2) is 11.6 Å². The molecule has 3 aromatic rings. The van der Waals surface area contributed by atoms with Gasteiger partial charge >= 0.3 is 0 Å². The van der Waals surface area contributed by atoms with E-state index in [9.17, 15) is 8.78 Å². The van der Waals surface area contributed by atoms with Gasteiger partial charge in [0, 0.05) is 18.5 Å². The number of nitrogens with one attached hydrogen (secondary N) is 1. The average molecular weight is 235 g/mol. The Bertz CT molecular complexity index is 721. The molecule has 0 spiro atoms. The Morgan fingerprint density at radius 2 is 2.00 bits per heavy atom. The highest BCUT2D eigenvalue weighted by Gasteiger charge is 2.12. The van der Waals surface area contributed by atoms with Crippen molar-refractivity contribution >= 4 is 22.5 Å². The Morgan fingerprint density at radius 1 is 1.24 bits per heavy atom. The van der Waals surface area contributed by atoms with Gasteiger partial charge in [0.2, 0.25) is 0 Å². The molecule has 1 N–H and O–H groups in total. The van der Waals surface area contributed by atoms with E-state index in [-0.39, 0.29) is 0 Å². The molecular formula is C10H7F2N5. The molecule has 0 aliphatic rings. The Balaban J connectivity index is 2.56. The summed E-state index contributed by atoms with van der Waals surface area (Å²) in [6.45, 7) is 0. The second-order valence-electron chi connectivity index (χ2n) is 3.49. The summed E-state index contributed by atoms with van der Waals surface area (Å²) in [6.07, 6.45) is 1.40. The van der Waals surface area contributed by atoms with Gasteiger partial charge in [-0.15, -0.1) is 10.2 Å². The standard InChI is InChI=1S/C10H7F2N5/c1-13-9-5-2-6(11)7(12)3-8(5)17-4-14-16-10(17)15-9/h2-4H,1H3,(H,13,15,16). The molecule has 0 saturated heterocycles. The van der Waals surface area contributed by atoms with E-state index < -0.39 is 11.6 Å². The van der Waals surface area contributed by atoms with Crippen LogP contribution in [0.3, 0.4) is 0 Å². The summed E-state index contributed by atoms with van der Waals surface area (Å²) in [7, 11) is 1.65. The van der Waals surface area contributed by atoms with Crippen molar-refractivity contribution < 1.29 is 8.78 Å². The normalized spacial score (nSPS) is 11.2. The first-order chi connectivity index (χ1) is 8.20. The lowest BCUT2D eigenvalue weighted by molar-refractivity contribution is 0.510. The minimum atomic E-state index is -0.916. The number of nitrogens with zero attached hydrogens (tertiary/aromatic N) is 4. The lowest BCUT2D eigenvalue weighted by atomic mass is 10.2. The first kappa shape index (κ1) is 9.88. The molecule has 0 amide bonds. The number of hydrogen-bond donors (Lipinski definition) is 1. The van der Waals surface area contributed by atoms with Crippen LogP contribution in [0.5, 0.6) is 0 Å². The predicted octanol–water partition coefficient (Wildman–Crippen LogP) is 1.60. The van der Waals surface area contributed by atoms with E-state index in [4.69, 9.17) is 0 Å². The summed E-state index contributed by atoms with van der Waals surface area (Å²) in [5, 5.41) is 10.7. The maximum atomic E-state index is 13.2. The van der Waals surface area contributed by atoms with Crippen molar-refractivity contribution in [3.8, 4) is 0 Å². The van der Waals surface area contributed by atoms with Crippen LogP contribution in [0.4, 0.5) is 14.6 Å². The molecule has 3 rings (SSSR count). The van der Waals surface area contributed by atoms with Gasteiger partial charge < -0.3 is 5.32 Å². The highest BCUT2D eigenvalue weighted by Crippen LogP contribution is 2.24. The molecule has 86 valence electrons. The monoisotopic (exact) mass is 235 g/mol. The van der Waals surface area contributed by atoms with Crippen LogP contribution in [0.1, 0.15) is 0 Å². The number of rotatable bonds is 1. The smallest absolute Gasteiger partial charge is 0.257 e. The van der Waals surface area contributed by atoms with E-state index in [2.05, 4.69) is 20.5 Å². The van der Waals surface area contributed by atoms with Gasteiger partial charge in [-0.3, -0.25) is 4.40 Å². The third-order valence-corrected chi connectivity index (χ3v) is 2.53. The van der Waals surface area contributed by atoms with Crippen molar-refractivity contribution in [3.05, 3.63) is 30.1 Å². The Hall–Kier alpha value is -2.31. The fourth-order valence-corrected chi connectivity index (χ4v) is 1.75. The minimum Gasteiger partial charge on any atom is -0.372 e. The number of fused-ring (bicyclic) bond motifs is 3. The van der Waals surface area contributed by atoms with Crippen molar-refractivity contribution in [1.29, 1.82) is 0 Å². The van der Waals surface area contributed by atoms with Crippen molar-refractivity contribution in [1.82, 2.24) is 19.6 Å². The van der Waals surface area contributed by atoms with Gasteiger partial charge in [-0.25, -0.2) is 8.78 Å². The summed E-state index contributed by atoms with van der Waals surface area (Å²) in [4.78, 5) is 4.14. The molecule has 17 heavy (non-hydrogen) atoms. The van der Waals surface area contributed by atoms with Crippen LogP contribution < -0.4 is 5.32 Å². The molecule has 0 aliphatic heterocycles. The molecule has 2 aromatic heterocycles. The number of hydrogen-bond acceptors (Lipinski definition) is 4. The molecule has 0 aliphatic carbocycles. The van der Waals surface area contributed by atoms with Crippen LogP contribution in [-0.2, 0) is 0 Å². The van der Waals surface area contributed by atoms with Crippen LogP contribution in [0.2, 0.25) is 0 Å². The molecule has 5 nitrogen and oxygen atoms in total. The van der Waals surface area contributed by atoms with Crippen LogP contribution in [0.15, 0.2) is 18.5 Å². The number of benzene rings is 1. The summed E-state index contributed by atoms with van der Waals surface area (Å²) in [5.41, 5.74) is 0.461. The van der Waals surface area contributed by atoms with Crippen LogP contribution in [0.25, 0.3) is 16.7 Å². The van der Waals surface area contributed by atoms with E-state index in [0.29, 0.717) is 22.5 Å². The van der Waals surface area contributed by atoms with Gasteiger partial charge in [0.05, 0.1) is 5.52 Å². The predicted molar refractivity (Wildman–Crippen MR) is 57.8 cm³/mol. The molecule has 0 atom stereocenters. The Labute approximate surface area is 94.1 Å². The molecule has 7 heteroatoms. The van der Waals surface area contributed by atoms with E-state index in [1.165, 1.54) is 10.7 Å². The molecule has 2 heterocycles. The van der Waals surface area contributed by atoms with E-state index in [0.717, 1.165) is 12.1 Å². The van der Waals surface area contributed by atoms with Gasteiger partial charge in [-0.1, -0.05) is 0 Å². The maximum absolute atomic E-state index is 13.2. The van der Waals surface area contributed by atoms with Gasteiger partial charge in [-0.05, 0) is 6.07 Å². The Morgan fingerprint density at radius 3 is 2.76 bits per heavy atom. The fraction of sp³-hybridized carbons (Fsp3) is 0.100. The van der Waals surface area contributed by atoms with Crippen LogP contribution >= 0.6 is 0 Å². The zero-order chi connectivity index (χ0) is 12.0. The van der Waals surface area contributed by atoms with Gasteiger partial charge in [0.25, 0.3) is 5.78 Å². The first-order valence-corrected chi connectivity index (χ1v) is 4.87. The molecular weight excluding hydrogens is 228 g/mol. The third kappa shape index (κ3) is 1.32. The molecule has 1 aromatic carbocycles. The van der Waals surface area contributed by atoms with Crippen molar-refractivity contribution in [2.24, 2.45) is 0 Å². The summed E-state index contributed by atoms with van der Waals surface area (Å²) >= 11 is 0. The van der Waals surface area contributed by atoms with Gasteiger partial charge in [-0.2, -0.15) is 4.98 Å². The van der Waals surface area contributed by atoms with E-state index in [1.54, 1.807) is 7.05 Å². The topological polar surface area (TPSA) is 55.1 Å². The fourth-order valence-electron chi connectivity index (χ4n) is 1.75. The van der Waals surface area contributed by atoms with Crippen molar-refractivity contribution in [2.45, 2.75) is 0 Å². The highest BCUT2D eigenvalue weighted by atomic mass is 19.2. The second-order valence-corrected chi connectivity index (χ2v) is 3.49. The molecule has 0 unspecified atom stereocenters. The van der Waals surface area contributed by atoms with Crippen molar-refractivity contribution in [3.63, 3.8) is 0 Å². The van der Waals surface area contributed by atoms with Crippen LogP contribution in [0, 0.1) is 11.6 Å². The molecule has 0 saturated carbocycles. The van der Waals surface area contributed by atoms with Crippen molar-refractivity contribution in [2.75, 3.05) is 12.4 Å². The molecule has 0 radical (unpaired) electrons. The lowest BCUT2D eigenvalue weighted by Crippen LogP contribution is -2.00. The largest absolute Gasteiger partial charge is 0.372 e. The SMILES string of the molecule is CNc1nc2nncn2c2cc(F)c(F)cc12. The number of aromatic nitrogens is 4. The summed E-state index contributed by atoms with van der Waals surface area (Å²) < 4.78 is 28.0. The first-order valence-electron chi connectivity index (χ1n) is 4.87. The zero-order valence-corrected chi connectivity index (χ0v) is 8.78. The van der Waals surface area contributed by atoms with Crippen LogP contribution in [-0.4, -0.2) is 26.6 Å². The highest BCUT2D eigenvalue weighted by molar-refractivity contribution is 5.91. The minimum absolute atomic E-state index is 0.327. The number of halogens is 2. The quantitative estimate of drug-likeness (QED) is 0.696. The lowest BCUT2D eigenvalue weighted by Gasteiger charge is -2.07. The summed E-state index contributed by atoms with van der Waals surface area (Å²) in [5.74, 6) is -1.07. The number of anilines is 1. The van der Waals surface area contributed by atoms with E-state index in [1.807, 2.05) is 0 Å².